The van der Waals surface area contributed by atoms with Crippen molar-refractivity contribution < 1.29 is 0 Å². The van der Waals surface area contributed by atoms with Crippen LogP contribution in [0, 0.1) is 0 Å². The number of aryl methyl sites for hydroxylation is 2. The number of thiazole rings is 1. The van der Waals surface area contributed by atoms with Crippen LogP contribution in [0.15, 0.2) is 12.5 Å². The Morgan fingerprint density at radius 1 is 1.19 bits per heavy atom. The molecule has 2 aromatic heterocycles. The first-order valence-electron chi connectivity index (χ1n) is 7.81. The number of rotatable bonds is 4. The van der Waals surface area contributed by atoms with E-state index in [0.29, 0.717) is 0 Å². The molecule has 0 radical (unpaired) electrons. The highest BCUT2D eigenvalue weighted by molar-refractivity contribution is 7.11. The highest BCUT2D eigenvalue weighted by Crippen LogP contribution is 2.28. The van der Waals surface area contributed by atoms with E-state index in [4.69, 9.17) is 0 Å². The molecule has 3 rings (SSSR count). The summed E-state index contributed by atoms with van der Waals surface area (Å²) in [6.07, 6.45) is 10.7. The fourth-order valence-electron chi connectivity index (χ4n) is 2.78. The quantitative estimate of drug-likeness (QED) is 0.869. The zero-order valence-corrected chi connectivity index (χ0v) is 13.5. The maximum absolute atomic E-state index is 4.53. The molecule has 4 nitrogen and oxygen atoms in total. The Morgan fingerprint density at radius 3 is 2.86 bits per heavy atom. The lowest BCUT2D eigenvalue weighted by Gasteiger charge is -2.16. The van der Waals surface area contributed by atoms with Crippen molar-refractivity contribution in [3.8, 4) is 0 Å². The number of hydrogen-bond donors (Lipinski definition) is 1. The molecule has 0 saturated carbocycles. The molecular formula is C16H22N4S. The van der Waals surface area contributed by atoms with Crippen LogP contribution in [0.4, 0.5) is 5.82 Å². The Kier molecular flexibility index (Phi) is 4.48. The number of nitrogens with zero attached hydrogens (tertiary/aromatic N) is 3. The molecule has 0 bridgehead atoms. The third-order valence-electron chi connectivity index (χ3n) is 4.02. The van der Waals surface area contributed by atoms with Crippen molar-refractivity contribution in [3.63, 3.8) is 0 Å². The highest BCUT2D eigenvalue weighted by atomic mass is 32.1. The van der Waals surface area contributed by atoms with Gasteiger partial charge in [-0.2, -0.15) is 0 Å². The second-order valence-electron chi connectivity index (χ2n) is 5.59. The van der Waals surface area contributed by atoms with Crippen molar-refractivity contribution in [1.29, 1.82) is 0 Å². The molecule has 0 fully saturated rings. The van der Waals surface area contributed by atoms with Gasteiger partial charge in [0.25, 0.3) is 0 Å². The summed E-state index contributed by atoms with van der Waals surface area (Å²) in [4.78, 5) is 14.8. The van der Waals surface area contributed by atoms with Gasteiger partial charge in [0.1, 0.15) is 17.2 Å². The van der Waals surface area contributed by atoms with E-state index in [1.165, 1.54) is 35.4 Å². The van der Waals surface area contributed by atoms with E-state index in [-0.39, 0.29) is 6.04 Å². The Morgan fingerprint density at radius 2 is 2.05 bits per heavy atom. The lowest BCUT2D eigenvalue weighted by Crippen LogP contribution is -2.11. The average Bonchev–Trinajstić information content (AvgIpc) is 2.85. The Bertz CT molecular complexity index is 608. The largest absolute Gasteiger partial charge is 0.361 e. The van der Waals surface area contributed by atoms with Gasteiger partial charge in [-0.1, -0.05) is 13.3 Å². The first-order valence-corrected chi connectivity index (χ1v) is 8.63. The number of fused-ring (bicyclic) bond motifs is 1. The van der Waals surface area contributed by atoms with Crippen molar-refractivity contribution in [2.75, 3.05) is 5.32 Å². The third kappa shape index (κ3) is 3.23. The molecule has 2 aromatic rings. The molecule has 2 heterocycles. The number of hydrogen-bond acceptors (Lipinski definition) is 5. The highest BCUT2D eigenvalue weighted by Gasteiger charge is 2.17. The molecule has 1 aliphatic rings. The van der Waals surface area contributed by atoms with Crippen molar-refractivity contribution >= 4 is 17.2 Å². The summed E-state index contributed by atoms with van der Waals surface area (Å²) >= 11 is 1.78. The van der Waals surface area contributed by atoms with Gasteiger partial charge >= 0.3 is 0 Å². The van der Waals surface area contributed by atoms with Crippen molar-refractivity contribution in [2.24, 2.45) is 0 Å². The van der Waals surface area contributed by atoms with E-state index >= 15 is 0 Å². The maximum atomic E-state index is 4.53. The van der Waals surface area contributed by atoms with Crippen LogP contribution < -0.4 is 5.32 Å². The summed E-state index contributed by atoms with van der Waals surface area (Å²) in [6.45, 7) is 4.32. The molecule has 5 heteroatoms. The molecular weight excluding hydrogens is 280 g/mol. The Balaban J connectivity index is 1.81. The van der Waals surface area contributed by atoms with Crippen LogP contribution in [0.3, 0.4) is 0 Å². The molecule has 0 aliphatic heterocycles. The van der Waals surface area contributed by atoms with E-state index in [1.54, 1.807) is 17.7 Å². The maximum Gasteiger partial charge on any atom is 0.133 e. The fraction of sp³-hybridized carbons (Fsp3) is 0.562. The predicted octanol–water partition coefficient (Wildman–Crippen LogP) is 3.94. The van der Waals surface area contributed by atoms with Crippen LogP contribution in [0.2, 0.25) is 0 Å². The summed E-state index contributed by atoms with van der Waals surface area (Å²) < 4.78 is 0. The lowest BCUT2D eigenvalue weighted by atomic mass is 10.1. The monoisotopic (exact) mass is 302 g/mol. The van der Waals surface area contributed by atoms with E-state index < -0.39 is 0 Å². The normalized spacial score (nSPS) is 16.1. The minimum absolute atomic E-state index is 0.192. The van der Waals surface area contributed by atoms with Crippen molar-refractivity contribution in [1.82, 2.24) is 15.0 Å². The second-order valence-corrected chi connectivity index (χ2v) is 6.74. The molecule has 21 heavy (non-hydrogen) atoms. The van der Waals surface area contributed by atoms with Gasteiger partial charge in [-0.25, -0.2) is 15.0 Å². The summed E-state index contributed by atoms with van der Waals surface area (Å²) in [7, 11) is 0. The van der Waals surface area contributed by atoms with Crippen LogP contribution >= 0.6 is 11.3 Å². The van der Waals surface area contributed by atoms with Gasteiger partial charge in [-0.15, -0.1) is 11.3 Å². The SMILES string of the molecule is CCc1cnc(C(C)Nc2ncnc3c2CCCCC3)s1. The van der Waals surface area contributed by atoms with E-state index in [0.717, 1.165) is 30.1 Å². The van der Waals surface area contributed by atoms with Gasteiger partial charge in [0.05, 0.1) is 6.04 Å². The van der Waals surface area contributed by atoms with Crippen LogP contribution in [0.1, 0.15) is 60.3 Å². The van der Waals surface area contributed by atoms with Gasteiger partial charge in [0.2, 0.25) is 0 Å². The summed E-state index contributed by atoms with van der Waals surface area (Å²) in [5.41, 5.74) is 2.54. The average molecular weight is 302 g/mol. The lowest BCUT2D eigenvalue weighted by molar-refractivity contribution is 0.708. The molecule has 0 spiro atoms. The van der Waals surface area contributed by atoms with Crippen LogP contribution in [-0.4, -0.2) is 15.0 Å². The van der Waals surface area contributed by atoms with Gasteiger partial charge in [-0.3, -0.25) is 0 Å². The third-order valence-corrected chi connectivity index (χ3v) is 5.34. The molecule has 0 aromatic carbocycles. The molecule has 1 N–H and O–H groups in total. The Labute approximate surface area is 130 Å². The van der Waals surface area contributed by atoms with Crippen molar-refractivity contribution in [3.05, 3.63) is 33.7 Å². The van der Waals surface area contributed by atoms with Crippen LogP contribution in [-0.2, 0) is 19.3 Å². The van der Waals surface area contributed by atoms with Gasteiger partial charge in [0.15, 0.2) is 0 Å². The second kappa shape index (κ2) is 6.52. The molecule has 112 valence electrons. The minimum Gasteiger partial charge on any atom is -0.361 e. The minimum atomic E-state index is 0.192. The molecule has 1 unspecified atom stereocenters. The van der Waals surface area contributed by atoms with Gasteiger partial charge in [0, 0.05) is 22.3 Å². The topological polar surface area (TPSA) is 50.7 Å². The van der Waals surface area contributed by atoms with Gasteiger partial charge < -0.3 is 5.32 Å². The number of aromatic nitrogens is 3. The van der Waals surface area contributed by atoms with Crippen molar-refractivity contribution in [2.45, 2.75) is 58.4 Å². The molecule has 0 saturated heterocycles. The summed E-state index contributed by atoms with van der Waals surface area (Å²) in [5.74, 6) is 1.00. The van der Waals surface area contributed by atoms with Crippen LogP contribution in [0.5, 0.6) is 0 Å². The zero-order valence-electron chi connectivity index (χ0n) is 12.7. The van der Waals surface area contributed by atoms with Gasteiger partial charge in [-0.05, 0) is 39.0 Å². The summed E-state index contributed by atoms with van der Waals surface area (Å²) in [5, 5.41) is 4.68. The van der Waals surface area contributed by atoms with E-state index in [9.17, 15) is 0 Å². The summed E-state index contributed by atoms with van der Waals surface area (Å²) in [6, 6.07) is 0.192. The first-order chi connectivity index (χ1) is 10.3. The first kappa shape index (κ1) is 14.4. The zero-order chi connectivity index (χ0) is 14.7. The van der Waals surface area contributed by atoms with E-state index in [2.05, 4.69) is 34.1 Å². The van der Waals surface area contributed by atoms with Crippen LogP contribution in [0.25, 0.3) is 0 Å². The molecule has 1 aliphatic carbocycles. The molecule has 0 amide bonds. The van der Waals surface area contributed by atoms with E-state index in [1.807, 2.05) is 6.20 Å². The predicted molar refractivity (Wildman–Crippen MR) is 86.8 cm³/mol. The smallest absolute Gasteiger partial charge is 0.133 e. The number of nitrogens with one attached hydrogen (secondary N) is 1. The molecule has 1 atom stereocenters. The standard InChI is InChI=1S/C16H22N4S/c1-3-12-9-17-16(21-12)11(2)20-15-13-7-5-4-6-8-14(13)18-10-19-15/h9-11H,3-8H2,1-2H3,(H,18,19,20). The Hall–Kier alpha value is -1.49. The fourth-order valence-corrected chi connectivity index (χ4v) is 3.63. The number of anilines is 1.